The summed E-state index contributed by atoms with van der Waals surface area (Å²) in [5, 5.41) is 14.0. The quantitative estimate of drug-likeness (QED) is 0.604. The first-order valence-electron chi connectivity index (χ1n) is 8.25. The van der Waals surface area contributed by atoms with Gasteiger partial charge >= 0.3 is 5.97 Å². The van der Waals surface area contributed by atoms with Gasteiger partial charge in [-0.1, -0.05) is 39.0 Å². The lowest BCUT2D eigenvalue weighted by molar-refractivity contribution is -0.141. The maximum atomic E-state index is 11.7. The number of carboxylic acids is 1. The number of hydrogen-bond donors (Lipinski definition) is 3. The minimum atomic E-state index is -0.934. The highest BCUT2D eigenvalue weighted by Crippen LogP contribution is 2.27. The van der Waals surface area contributed by atoms with Gasteiger partial charge in [0.15, 0.2) is 0 Å². The van der Waals surface area contributed by atoms with Crippen LogP contribution in [0.25, 0.3) is 0 Å². The highest BCUT2D eigenvalue weighted by atomic mass is 16.4. The van der Waals surface area contributed by atoms with Gasteiger partial charge in [-0.2, -0.15) is 0 Å². The maximum absolute atomic E-state index is 11.7. The van der Waals surface area contributed by atoms with E-state index < -0.39 is 11.9 Å². The second-order valence-electron chi connectivity index (χ2n) is 6.19. The topological polar surface area (TPSA) is 95.5 Å². The van der Waals surface area contributed by atoms with Gasteiger partial charge in [0.25, 0.3) is 0 Å². The van der Waals surface area contributed by atoms with E-state index in [2.05, 4.69) is 10.6 Å². The molecule has 0 spiro atoms. The molecule has 1 saturated carbocycles. The van der Waals surface area contributed by atoms with E-state index in [-0.39, 0.29) is 24.8 Å². The van der Waals surface area contributed by atoms with Crippen molar-refractivity contribution in [2.75, 3.05) is 13.1 Å². The molecule has 1 rings (SSSR count). The van der Waals surface area contributed by atoms with E-state index >= 15 is 0 Å². The number of amides is 2. The number of nitrogens with one attached hydrogen (secondary N) is 2. The molecule has 0 aromatic rings. The van der Waals surface area contributed by atoms with Crippen LogP contribution in [0, 0.1) is 11.8 Å². The van der Waals surface area contributed by atoms with Gasteiger partial charge in [-0.25, -0.2) is 0 Å². The van der Waals surface area contributed by atoms with E-state index in [1.165, 1.54) is 39.0 Å². The summed E-state index contributed by atoms with van der Waals surface area (Å²) in [5.41, 5.74) is 0. The van der Waals surface area contributed by atoms with Crippen LogP contribution in [0.4, 0.5) is 0 Å². The Hall–Kier alpha value is -1.59. The lowest BCUT2D eigenvalue weighted by Gasteiger charge is -2.20. The molecular weight excluding hydrogens is 284 g/mol. The highest BCUT2D eigenvalue weighted by molar-refractivity contribution is 5.79. The molecule has 6 heteroatoms. The minimum Gasteiger partial charge on any atom is -0.481 e. The lowest BCUT2D eigenvalue weighted by atomic mass is 9.86. The average molecular weight is 312 g/mol. The van der Waals surface area contributed by atoms with Crippen LogP contribution in [0.5, 0.6) is 0 Å². The van der Waals surface area contributed by atoms with Crippen LogP contribution in [0.15, 0.2) is 0 Å². The van der Waals surface area contributed by atoms with Gasteiger partial charge in [0.05, 0.1) is 5.92 Å². The number of aliphatic carboxylic acids is 1. The predicted molar refractivity (Wildman–Crippen MR) is 83.2 cm³/mol. The van der Waals surface area contributed by atoms with E-state index in [9.17, 15) is 14.4 Å². The highest BCUT2D eigenvalue weighted by Gasteiger charge is 2.15. The third-order valence-electron chi connectivity index (χ3n) is 4.21. The molecule has 1 atom stereocenters. The smallest absolute Gasteiger partial charge is 0.308 e. The van der Waals surface area contributed by atoms with Crippen LogP contribution in [0.1, 0.15) is 58.3 Å². The summed E-state index contributed by atoms with van der Waals surface area (Å²) in [4.78, 5) is 33.8. The zero-order valence-electron chi connectivity index (χ0n) is 13.4. The molecule has 1 aliphatic carbocycles. The van der Waals surface area contributed by atoms with Crippen molar-refractivity contribution in [1.82, 2.24) is 10.6 Å². The fourth-order valence-electron chi connectivity index (χ4n) is 2.66. The fraction of sp³-hybridized carbons (Fsp3) is 0.812. The van der Waals surface area contributed by atoms with Crippen molar-refractivity contribution in [2.45, 2.75) is 58.3 Å². The molecule has 0 saturated heterocycles. The molecule has 3 N–H and O–H groups in total. The van der Waals surface area contributed by atoms with Crippen molar-refractivity contribution in [3.05, 3.63) is 0 Å². The first-order chi connectivity index (χ1) is 10.5. The SMILES string of the molecule is C[C@H](CNC(=O)CCNC(=O)CCC1CCCCC1)C(=O)O. The molecule has 126 valence electrons. The van der Waals surface area contributed by atoms with Crippen LogP contribution in [0.2, 0.25) is 0 Å². The third kappa shape index (κ3) is 8.00. The van der Waals surface area contributed by atoms with Crippen LogP contribution >= 0.6 is 0 Å². The van der Waals surface area contributed by atoms with E-state index in [1.54, 1.807) is 0 Å². The van der Waals surface area contributed by atoms with Crippen molar-refractivity contribution in [3.8, 4) is 0 Å². The molecular formula is C16H28N2O4. The van der Waals surface area contributed by atoms with Crippen LogP contribution in [0.3, 0.4) is 0 Å². The van der Waals surface area contributed by atoms with Crippen molar-refractivity contribution in [3.63, 3.8) is 0 Å². The Bertz CT molecular complexity index is 378. The zero-order valence-corrected chi connectivity index (χ0v) is 13.4. The molecule has 22 heavy (non-hydrogen) atoms. The Balaban J connectivity index is 2.03. The third-order valence-corrected chi connectivity index (χ3v) is 4.21. The zero-order chi connectivity index (χ0) is 16.4. The van der Waals surface area contributed by atoms with Crippen LogP contribution in [-0.2, 0) is 14.4 Å². The summed E-state index contributed by atoms with van der Waals surface area (Å²) >= 11 is 0. The summed E-state index contributed by atoms with van der Waals surface area (Å²) in [6.07, 6.45) is 7.99. The first kappa shape index (κ1) is 18.5. The summed E-state index contributed by atoms with van der Waals surface area (Å²) in [7, 11) is 0. The number of hydrogen-bond acceptors (Lipinski definition) is 3. The van der Waals surface area contributed by atoms with E-state index in [1.807, 2.05) is 0 Å². The molecule has 0 heterocycles. The summed E-state index contributed by atoms with van der Waals surface area (Å²) < 4.78 is 0. The Morgan fingerprint density at radius 1 is 1.05 bits per heavy atom. The first-order valence-corrected chi connectivity index (χ1v) is 8.25. The van der Waals surface area contributed by atoms with Gasteiger partial charge in [-0.3, -0.25) is 14.4 Å². The number of rotatable bonds is 9. The molecule has 0 radical (unpaired) electrons. The Morgan fingerprint density at radius 2 is 1.68 bits per heavy atom. The van der Waals surface area contributed by atoms with Crippen LogP contribution in [-0.4, -0.2) is 36.0 Å². The van der Waals surface area contributed by atoms with Gasteiger partial charge in [0.2, 0.25) is 11.8 Å². The van der Waals surface area contributed by atoms with Gasteiger partial charge in [-0.05, 0) is 12.3 Å². The molecule has 0 aromatic heterocycles. The van der Waals surface area contributed by atoms with Crippen molar-refractivity contribution in [2.24, 2.45) is 11.8 Å². The van der Waals surface area contributed by atoms with Crippen molar-refractivity contribution in [1.29, 1.82) is 0 Å². The molecule has 0 bridgehead atoms. The molecule has 2 amide bonds. The molecule has 6 nitrogen and oxygen atoms in total. The molecule has 0 aliphatic heterocycles. The van der Waals surface area contributed by atoms with Crippen molar-refractivity contribution >= 4 is 17.8 Å². The van der Waals surface area contributed by atoms with Crippen LogP contribution < -0.4 is 10.6 Å². The van der Waals surface area contributed by atoms with Gasteiger partial charge in [-0.15, -0.1) is 0 Å². The Labute approximate surface area is 132 Å². The van der Waals surface area contributed by atoms with Gasteiger partial charge in [0.1, 0.15) is 0 Å². The maximum Gasteiger partial charge on any atom is 0.308 e. The molecule has 0 aromatic carbocycles. The normalized spacial score (nSPS) is 16.8. The van der Waals surface area contributed by atoms with Gasteiger partial charge < -0.3 is 15.7 Å². The second-order valence-corrected chi connectivity index (χ2v) is 6.19. The van der Waals surface area contributed by atoms with E-state index in [0.717, 1.165) is 6.42 Å². The summed E-state index contributed by atoms with van der Waals surface area (Å²) in [6, 6.07) is 0. The lowest BCUT2D eigenvalue weighted by Crippen LogP contribution is -2.34. The number of carbonyl (C=O) groups is 3. The molecule has 1 fully saturated rings. The Morgan fingerprint density at radius 3 is 2.32 bits per heavy atom. The standard InChI is InChI=1S/C16H28N2O4/c1-12(16(21)22)11-18-15(20)9-10-17-14(19)8-7-13-5-3-2-4-6-13/h12-13H,2-11H2,1H3,(H,17,19)(H,18,20)(H,21,22)/t12-/m1/s1. The summed E-state index contributed by atoms with van der Waals surface area (Å²) in [6.45, 7) is 1.95. The Kier molecular flexibility index (Phi) is 8.55. The summed E-state index contributed by atoms with van der Waals surface area (Å²) in [5.74, 6) is -1.09. The predicted octanol–water partition coefficient (Wildman–Crippen LogP) is 1.69. The fourth-order valence-corrected chi connectivity index (χ4v) is 2.66. The number of carbonyl (C=O) groups excluding carboxylic acids is 2. The van der Waals surface area contributed by atoms with Crippen molar-refractivity contribution < 1.29 is 19.5 Å². The second kappa shape index (κ2) is 10.2. The molecule has 0 unspecified atom stereocenters. The number of carboxylic acid groups (broad SMARTS) is 1. The molecule has 1 aliphatic rings. The van der Waals surface area contributed by atoms with E-state index in [0.29, 0.717) is 18.9 Å². The largest absolute Gasteiger partial charge is 0.481 e. The van der Waals surface area contributed by atoms with Gasteiger partial charge in [0, 0.05) is 25.9 Å². The van der Waals surface area contributed by atoms with E-state index in [4.69, 9.17) is 5.11 Å². The monoisotopic (exact) mass is 312 g/mol. The average Bonchev–Trinajstić information content (AvgIpc) is 2.51. The minimum absolute atomic E-state index is 0.00252.